The molecule has 7 nitrogen and oxygen atoms in total. The van der Waals surface area contributed by atoms with Crippen LogP contribution in [0.4, 0.5) is 5.69 Å². The molecule has 1 atom stereocenters. The van der Waals surface area contributed by atoms with E-state index in [1.807, 2.05) is 25.3 Å². The Balaban J connectivity index is 1.79. The molecule has 1 amide bonds. The molecule has 1 unspecified atom stereocenters. The molecule has 3 aromatic rings. The molecule has 0 radical (unpaired) electrons. The Kier molecular flexibility index (Phi) is 5.06. The number of amides is 1. The highest BCUT2D eigenvalue weighted by Crippen LogP contribution is 2.30. The van der Waals surface area contributed by atoms with Crippen molar-refractivity contribution < 1.29 is 9.53 Å². The Hall–Kier alpha value is -3.22. The van der Waals surface area contributed by atoms with Gasteiger partial charge in [0, 0.05) is 29.4 Å². The molecule has 4 heterocycles. The highest BCUT2D eigenvalue weighted by molar-refractivity contribution is 5.95. The summed E-state index contributed by atoms with van der Waals surface area (Å²) >= 11 is 0. The third-order valence-corrected chi connectivity index (χ3v) is 5.02. The standard InChI is InChI=1S/C21H23N5O2/c1-14-5-3-4-6-16-11-15(9-10-22-16)20-18(24-21(14)27)13-26(25-20)17-7-8-19(28-2)23-12-17/h7-14H,3-6H2,1-2H3,(H,24,27). The summed E-state index contributed by atoms with van der Waals surface area (Å²) in [5.41, 5.74) is 4.18. The van der Waals surface area contributed by atoms with Crippen LogP contribution in [0, 0.1) is 5.92 Å². The van der Waals surface area contributed by atoms with Gasteiger partial charge in [0.15, 0.2) is 0 Å². The topological polar surface area (TPSA) is 81.9 Å². The van der Waals surface area contributed by atoms with E-state index in [9.17, 15) is 4.79 Å². The predicted molar refractivity (Wildman–Crippen MR) is 106 cm³/mol. The van der Waals surface area contributed by atoms with Crippen LogP contribution in [0.3, 0.4) is 0 Å². The molecule has 7 heteroatoms. The number of carbonyl (C=O) groups excluding carboxylic acids is 1. The number of nitrogens with one attached hydrogen (secondary N) is 1. The van der Waals surface area contributed by atoms with Crippen LogP contribution in [0.2, 0.25) is 0 Å². The summed E-state index contributed by atoms with van der Waals surface area (Å²) in [6.45, 7) is 1.97. The highest BCUT2D eigenvalue weighted by Gasteiger charge is 2.19. The zero-order chi connectivity index (χ0) is 19.5. The molecule has 0 saturated heterocycles. The first-order chi connectivity index (χ1) is 13.6. The maximum Gasteiger partial charge on any atom is 0.227 e. The van der Waals surface area contributed by atoms with Gasteiger partial charge in [-0.1, -0.05) is 13.3 Å². The second-order valence-corrected chi connectivity index (χ2v) is 7.07. The molecule has 1 aliphatic heterocycles. The average Bonchev–Trinajstić information content (AvgIpc) is 3.14. The lowest BCUT2D eigenvalue weighted by atomic mass is 10.00. The molecule has 1 aliphatic rings. The lowest BCUT2D eigenvalue weighted by Crippen LogP contribution is -2.20. The lowest BCUT2D eigenvalue weighted by Gasteiger charge is -2.13. The SMILES string of the molecule is COc1ccc(-n2cc3c(n2)-c2ccnc(c2)CCCCC(C)C(=O)N3)cn1. The lowest BCUT2D eigenvalue weighted by molar-refractivity contribution is -0.119. The number of anilines is 1. The van der Waals surface area contributed by atoms with Crippen LogP contribution in [-0.2, 0) is 11.2 Å². The molecule has 0 aliphatic carbocycles. The van der Waals surface area contributed by atoms with Gasteiger partial charge in [-0.15, -0.1) is 0 Å². The largest absolute Gasteiger partial charge is 0.481 e. The smallest absolute Gasteiger partial charge is 0.227 e. The molecule has 4 rings (SSSR count). The summed E-state index contributed by atoms with van der Waals surface area (Å²) in [6, 6.07) is 7.64. The minimum absolute atomic E-state index is 0.0171. The van der Waals surface area contributed by atoms with Gasteiger partial charge in [0.25, 0.3) is 0 Å². The molecule has 1 N–H and O–H groups in total. The molecule has 0 aromatic carbocycles. The Bertz CT molecular complexity index is 981. The number of methoxy groups -OCH3 is 1. The summed E-state index contributed by atoms with van der Waals surface area (Å²) in [4.78, 5) is 21.4. The summed E-state index contributed by atoms with van der Waals surface area (Å²) < 4.78 is 6.85. The van der Waals surface area contributed by atoms with Gasteiger partial charge < -0.3 is 10.1 Å². The van der Waals surface area contributed by atoms with E-state index in [-0.39, 0.29) is 11.8 Å². The minimum atomic E-state index is -0.0513. The Labute approximate surface area is 163 Å². The van der Waals surface area contributed by atoms with Crippen LogP contribution in [0.1, 0.15) is 31.9 Å². The summed E-state index contributed by atoms with van der Waals surface area (Å²) in [5, 5.41) is 7.79. The second kappa shape index (κ2) is 7.80. The summed E-state index contributed by atoms with van der Waals surface area (Å²) in [6.07, 6.45) is 9.11. The minimum Gasteiger partial charge on any atom is -0.481 e. The third-order valence-electron chi connectivity index (χ3n) is 5.02. The molecular weight excluding hydrogens is 354 g/mol. The van der Waals surface area contributed by atoms with Crippen molar-refractivity contribution in [1.82, 2.24) is 19.7 Å². The molecule has 28 heavy (non-hydrogen) atoms. The number of ether oxygens (including phenoxy) is 1. The van der Waals surface area contributed by atoms with E-state index >= 15 is 0 Å². The van der Waals surface area contributed by atoms with E-state index in [2.05, 4.69) is 21.4 Å². The van der Waals surface area contributed by atoms with Crippen molar-refractivity contribution in [3.63, 3.8) is 0 Å². The highest BCUT2D eigenvalue weighted by atomic mass is 16.5. The normalized spacial score (nSPS) is 17.1. The van der Waals surface area contributed by atoms with Crippen LogP contribution in [0.15, 0.2) is 42.9 Å². The van der Waals surface area contributed by atoms with Gasteiger partial charge in [-0.2, -0.15) is 5.10 Å². The van der Waals surface area contributed by atoms with Crippen LogP contribution in [0.5, 0.6) is 5.88 Å². The number of rotatable bonds is 2. The van der Waals surface area contributed by atoms with E-state index in [0.29, 0.717) is 11.6 Å². The van der Waals surface area contributed by atoms with Gasteiger partial charge in [0.05, 0.1) is 30.9 Å². The molecule has 2 bridgehead atoms. The molecule has 0 saturated carbocycles. The van der Waals surface area contributed by atoms with Crippen molar-refractivity contribution in [2.45, 2.75) is 32.6 Å². The second-order valence-electron chi connectivity index (χ2n) is 7.07. The average molecular weight is 377 g/mol. The van der Waals surface area contributed by atoms with E-state index in [1.165, 1.54) is 0 Å². The van der Waals surface area contributed by atoms with Gasteiger partial charge in [-0.05, 0) is 37.5 Å². The van der Waals surface area contributed by atoms with Crippen molar-refractivity contribution in [3.05, 3.63) is 48.5 Å². The zero-order valence-corrected chi connectivity index (χ0v) is 16.1. The number of fused-ring (bicyclic) bond motifs is 4. The monoisotopic (exact) mass is 377 g/mol. The van der Waals surface area contributed by atoms with E-state index in [1.54, 1.807) is 30.3 Å². The molecule has 144 valence electrons. The predicted octanol–water partition coefficient (Wildman–Crippen LogP) is 3.64. The van der Waals surface area contributed by atoms with Crippen molar-refractivity contribution in [1.29, 1.82) is 0 Å². The first-order valence-corrected chi connectivity index (χ1v) is 9.50. The van der Waals surface area contributed by atoms with Crippen LogP contribution in [-0.4, -0.2) is 32.8 Å². The zero-order valence-electron chi connectivity index (χ0n) is 16.1. The van der Waals surface area contributed by atoms with Gasteiger partial charge >= 0.3 is 0 Å². The van der Waals surface area contributed by atoms with Gasteiger partial charge in [-0.3, -0.25) is 9.78 Å². The number of hydrogen-bond acceptors (Lipinski definition) is 5. The number of aryl methyl sites for hydroxylation is 1. The van der Waals surface area contributed by atoms with Gasteiger partial charge in [0.1, 0.15) is 5.69 Å². The first kappa shape index (κ1) is 18.2. The van der Waals surface area contributed by atoms with Crippen LogP contribution >= 0.6 is 0 Å². The number of nitrogens with zero attached hydrogens (tertiary/aromatic N) is 4. The number of pyridine rings is 2. The molecule has 3 aromatic heterocycles. The molecule has 0 spiro atoms. The summed E-state index contributed by atoms with van der Waals surface area (Å²) in [7, 11) is 1.58. The maximum absolute atomic E-state index is 12.7. The molecule has 0 fully saturated rings. The number of aromatic nitrogens is 4. The fourth-order valence-electron chi connectivity index (χ4n) is 3.35. The Morgan fingerprint density at radius 3 is 2.89 bits per heavy atom. The van der Waals surface area contributed by atoms with Gasteiger partial charge in [-0.25, -0.2) is 9.67 Å². The van der Waals surface area contributed by atoms with Crippen LogP contribution in [0.25, 0.3) is 16.9 Å². The Morgan fingerprint density at radius 2 is 2.11 bits per heavy atom. The fourth-order valence-corrected chi connectivity index (χ4v) is 3.35. The number of hydrogen-bond donors (Lipinski definition) is 1. The molecular formula is C21H23N5O2. The van der Waals surface area contributed by atoms with E-state index < -0.39 is 0 Å². The first-order valence-electron chi connectivity index (χ1n) is 9.50. The summed E-state index contributed by atoms with van der Waals surface area (Å²) in [5.74, 6) is 0.503. The Morgan fingerprint density at radius 1 is 1.21 bits per heavy atom. The maximum atomic E-state index is 12.7. The van der Waals surface area contributed by atoms with Gasteiger partial charge in [0.2, 0.25) is 11.8 Å². The van der Waals surface area contributed by atoms with Crippen LogP contribution < -0.4 is 10.1 Å². The van der Waals surface area contributed by atoms with Crippen molar-refractivity contribution in [2.24, 2.45) is 5.92 Å². The van der Waals surface area contributed by atoms with Crippen molar-refractivity contribution in [3.8, 4) is 22.8 Å². The third kappa shape index (κ3) is 3.74. The fraction of sp³-hybridized carbons (Fsp3) is 0.333. The van der Waals surface area contributed by atoms with E-state index in [0.717, 1.165) is 48.3 Å². The number of carbonyl (C=O) groups is 1. The van der Waals surface area contributed by atoms with E-state index in [4.69, 9.17) is 9.84 Å². The van der Waals surface area contributed by atoms with Crippen molar-refractivity contribution >= 4 is 11.6 Å². The quantitative estimate of drug-likeness (QED) is 0.737. The van der Waals surface area contributed by atoms with Crippen molar-refractivity contribution in [2.75, 3.05) is 12.4 Å².